The molecule has 46 heavy (non-hydrogen) atoms. The van der Waals surface area contributed by atoms with Gasteiger partial charge in [0, 0.05) is 50.4 Å². The molecule has 1 saturated heterocycles. The molecule has 1 aliphatic rings. The Labute approximate surface area is 267 Å². The van der Waals surface area contributed by atoms with E-state index in [1.807, 2.05) is 86.2 Å². The van der Waals surface area contributed by atoms with Crippen LogP contribution in [0.1, 0.15) is 49.6 Å². The summed E-state index contributed by atoms with van der Waals surface area (Å²) in [7, 11) is 0. The van der Waals surface area contributed by atoms with E-state index in [9.17, 15) is 9.59 Å². The van der Waals surface area contributed by atoms with E-state index in [1.165, 1.54) is 0 Å². The van der Waals surface area contributed by atoms with Crippen molar-refractivity contribution < 1.29 is 19.1 Å². The zero-order valence-corrected chi connectivity index (χ0v) is 26.8. The van der Waals surface area contributed by atoms with Crippen molar-refractivity contribution in [3.05, 3.63) is 84.1 Å². The van der Waals surface area contributed by atoms with Crippen LogP contribution in [0.4, 0.5) is 10.5 Å². The minimum absolute atomic E-state index is 0.238. The molecule has 240 valence electrons. The number of benzene rings is 1. The van der Waals surface area contributed by atoms with Crippen molar-refractivity contribution in [3.63, 3.8) is 0 Å². The second kappa shape index (κ2) is 13.2. The van der Waals surface area contributed by atoms with Crippen molar-refractivity contribution in [2.45, 2.75) is 46.3 Å². The molecule has 12 heteroatoms. The fourth-order valence-electron chi connectivity index (χ4n) is 5.61. The maximum atomic E-state index is 13.3. The lowest BCUT2D eigenvalue weighted by molar-refractivity contribution is 0.0136. The number of aryl methyl sites for hydroxylation is 1. The smallest absolute Gasteiger partial charge is 0.410 e. The van der Waals surface area contributed by atoms with Gasteiger partial charge in [-0.3, -0.25) is 18.8 Å². The lowest BCUT2D eigenvalue weighted by Gasteiger charge is -2.35. The summed E-state index contributed by atoms with van der Waals surface area (Å²) < 4.78 is 15.2. The van der Waals surface area contributed by atoms with Crippen LogP contribution in [-0.2, 0) is 17.7 Å². The van der Waals surface area contributed by atoms with Crippen LogP contribution in [0.2, 0.25) is 0 Å². The zero-order valence-electron chi connectivity index (χ0n) is 26.8. The predicted molar refractivity (Wildman–Crippen MR) is 175 cm³/mol. The molecule has 1 fully saturated rings. The molecule has 0 saturated carbocycles. The highest BCUT2D eigenvalue weighted by Crippen LogP contribution is 2.29. The molecule has 1 aromatic carbocycles. The van der Waals surface area contributed by atoms with E-state index in [-0.39, 0.29) is 12.0 Å². The Balaban J connectivity index is 1.09. The van der Waals surface area contributed by atoms with Crippen molar-refractivity contribution in [2.75, 3.05) is 44.6 Å². The first-order valence-corrected chi connectivity index (χ1v) is 15.7. The van der Waals surface area contributed by atoms with E-state index < -0.39 is 5.60 Å². The summed E-state index contributed by atoms with van der Waals surface area (Å²) in [5.41, 5.74) is 4.00. The SMILES string of the molecule is CCc1nn(Cc2cccc(OCCN3CCN(C(=O)OC(C)(C)C)CC3)n2)c2cccc(NC(=O)c3cnc4ccccn34)c12. The number of amides is 2. The average molecular weight is 625 g/mol. The Kier molecular flexibility index (Phi) is 8.89. The molecule has 1 aliphatic heterocycles. The minimum atomic E-state index is -0.496. The predicted octanol–water partition coefficient (Wildman–Crippen LogP) is 4.87. The third kappa shape index (κ3) is 6.96. The van der Waals surface area contributed by atoms with Crippen LogP contribution in [0.25, 0.3) is 16.6 Å². The average Bonchev–Trinajstić information content (AvgIpc) is 3.63. The van der Waals surface area contributed by atoms with Gasteiger partial charge in [0.1, 0.15) is 23.5 Å². The Morgan fingerprint density at radius 3 is 2.57 bits per heavy atom. The summed E-state index contributed by atoms with van der Waals surface area (Å²) in [4.78, 5) is 38.8. The van der Waals surface area contributed by atoms with Gasteiger partial charge in [-0.25, -0.2) is 14.8 Å². The van der Waals surface area contributed by atoms with Crippen LogP contribution in [0.5, 0.6) is 5.88 Å². The Morgan fingerprint density at radius 2 is 1.78 bits per heavy atom. The standard InChI is InChI=1S/C34H40N8O4/c1-5-25-31-26(37-32(43)28-22-35-29-13-6-7-15-41(28)29)11-9-12-27(31)42(38-25)23-24-10-8-14-30(36-24)45-21-20-39-16-18-40(19-17-39)33(44)46-34(2,3)4/h6-15,22H,5,16-21,23H2,1-4H3,(H,37,43). The number of aromatic nitrogens is 5. The fraction of sp³-hybridized carbons (Fsp3) is 0.382. The summed E-state index contributed by atoms with van der Waals surface area (Å²) >= 11 is 0. The highest BCUT2D eigenvalue weighted by molar-refractivity contribution is 6.08. The molecule has 0 radical (unpaired) electrons. The Bertz CT molecular complexity index is 1850. The molecular formula is C34H40N8O4. The van der Waals surface area contributed by atoms with Crippen LogP contribution in [0.3, 0.4) is 0 Å². The number of fused-ring (bicyclic) bond motifs is 2. The lowest BCUT2D eigenvalue weighted by atomic mass is 10.1. The number of imidazole rings is 1. The molecule has 5 aromatic rings. The number of nitrogens with one attached hydrogen (secondary N) is 1. The maximum absolute atomic E-state index is 13.3. The zero-order chi connectivity index (χ0) is 32.3. The Hall–Kier alpha value is -4.97. The van der Waals surface area contributed by atoms with E-state index >= 15 is 0 Å². The molecule has 5 heterocycles. The van der Waals surface area contributed by atoms with Crippen LogP contribution in [-0.4, -0.2) is 90.9 Å². The highest BCUT2D eigenvalue weighted by atomic mass is 16.6. The first-order valence-electron chi connectivity index (χ1n) is 15.7. The maximum Gasteiger partial charge on any atom is 0.410 e. The van der Waals surface area contributed by atoms with Gasteiger partial charge in [0.05, 0.1) is 35.3 Å². The van der Waals surface area contributed by atoms with Gasteiger partial charge in [0.2, 0.25) is 5.88 Å². The normalized spacial score (nSPS) is 14.1. The van der Waals surface area contributed by atoms with Crippen LogP contribution in [0.15, 0.2) is 67.0 Å². The van der Waals surface area contributed by atoms with Crippen molar-refractivity contribution >= 4 is 34.2 Å². The van der Waals surface area contributed by atoms with Gasteiger partial charge in [-0.2, -0.15) is 5.10 Å². The van der Waals surface area contributed by atoms with Gasteiger partial charge in [0.15, 0.2) is 0 Å². The number of piperazine rings is 1. The first kappa shape index (κ1) is 31.0. The molecule has 0 aliphatic carbocycles. The molecule has 12 nitrogen and oxygen atoms in total. The second-order valence-electron chi connectivity index (χ2n) is 12.3. The molecule has 2 amide bonds. The van der Waals surface area contributed by atoms with E-state index in [0.29, 0.717) is 55.6 Å². The largest absolute Gasteiger partial charge is 0.476 e. The number of nitrogens with zero attached hydrogens (tertiary/aromatic N) is 7. The quantitative estimate of drug-likeness (QED) is 0.247. The molecule has 0 spiro atoms. The van der Waals surface area contributed by atoms with E-state index in [4.69, 9.17) is 19.6 Å². The van der Waals surface area contributed by atoms with Gasteiger partial charge in [-0.1, -0.05) is 25.1 Å². The van der Waals surface area contributed by atoms with Gasteiger partial charge in [0.25, 0.3) is 5.91 Å². The van der Waals surface area contributed by atoms with Crippen molar-refractivity contribution in [1.29, 1.82) is 0 Å². The lowest BCUT2D eigenvalue weighted by Crippen LogP contribution is -2.50. The van der Waals surface area contributed by atoms with Crippen LogP contribution >= 0.6 is 0 Å². The fourth-order valence-corrected chi connectivity index (χ4v) is 5.61. The topological polar surface area (TPSA) is 119 Å². The molecular weight excluding hydrogens is 584 g/mol. The first-order chi connectivity index (χ1) is 22.2. The van der Waals surface area contributed by atoms with E-state index in [0.717, 1.165) is 41.9 Å². The second-order valence-corrected chi connectivity index (χ2v) is 12.3. The molecule has 6 rings (SSSR count). The minimum Gasteiger partial charge on any atom is -0.476 e. The third-order valence-corrected chi connectivity index (χ3v) is 7.86. The number of hydrogen-bond donors (Lipinski definition) is 1. The van der Waals surface area contributed by atoms with Crippen molar-refractivity contribution in [3.8, 4) is 5.88 Å². The number of carbonyl (C=O) groups is 2. The number of hydrogen-bond acceptors (Lipinski definition) is 8. The van der Waals surface area contributed by atoms with Crippen LogP contribution in [0, 0.1) is 0 Å². The number of anilines is 1. The number of pyridine rings is 2. The van der Waals surface area contributed by atoms with E-state index in [1.54, 1.807) is 15.5 Å². The monoisotopic (exact) mass is 624 g/mol. The van der Waals surface area contributed by atoms with Crippen molar-refractivity contribution in [1.82, 2.24) is 33.9 Å². The van der Waals surface area contributed by atoms with Crippen LogP contribution < -0.4 is 10.1 Å². The molecule has 0 unspecified atom stereocenters. The third-order valence-electron chi connectivity index (χ3n) is 7.86. The van der Waals surface area contributed by atoms with Gasteiger partial charge in [-0.05, 0) is 57.5 Å². The summed E-state index contributed by atoms with van der Waals surface area (Å²) in [5, 5.41) is 8.90. The van der Waals surface area contributed by atoms with E-state index in [2.05, 4.69) is 22.1 Å². The summed E-state index contributed by atoms with van der Waals surface area (Å²) in [6.07, 6.45) is 3.86. The molecule has 4 aromatic heterocycles. The molecule has 1 N–H and O–H groups in total. The Morgan fingerprint density at radius 1 is 0.978 bits per heavy atom. The number of carbonyl (C=O) groups excluding carboxylic acids is 2. The highest BCUT2D eigenvalue weighted by Gasteiger charge is 2.26. The number of rotatable bonds is 9. The van der Waals surface area contributed by atoms with Gasteiger partial charge >= 0.3 is 6.09 Å². The summed E-state index contributed by atoms with van der Waals surface area (Å²) in [5.74, 6) is 0.315. The van der Waals surface area contributed by atoms with Gasteiger partial charge < -0.3 is 19.7 Å². The number of ether oxygens (including phenoxy) is 2. The molecule has 0 atom stereocenters. The van der Waals surface area contributed by atoms with Crippen molar-refractivity contribution in [2.24, 2.45) is 0 Å². The summed E-state index contributed by atoms with van der Waals surface area (Å²) in [6.45, 7) is 12.2. The van der Waals surface area contributed by atoms with Gasteiger partial charge in [-0.15, -0.1) is 0 Å². The molecule has 0 bridgehead atoms. The summed E-state index contributed by atoms with van der Waals surface area (Å²) in [6, 6.07) is 17.2.